The maximum absolute atomic E-state index is 10.0. The van der Waals surface area contributed by atoms with E-state index in [1.165, 1.54) is 5.57 Å². The summed E-state index contributed by atoms with van der Waals surface area (Å²) >= 11 is 0. The molecule has 0 bridgehead atoms. The predicted octanol–water partition coefficient (Wildman–Crippen LogP) is 3.06. The molecule has 0 saturated carbocycles. The van der Waals surface area contributed by atoms with Crippen LogP contribution in [0, 0.1) is 11.8 Å². The maximum atomic E-state index is 10.0. The summed E-state index contributed by atoms with van der Waals surface area (Å²) in [4.78, 5) is 0. The van der Waals surface area contributed by atoms with Crippen LogP contribution in [-0.2, 0) is 0 Å². The third kappa shape index (κ3) is 4.29. The van der Waals surface area contributed by atoms with Crippen molar-refractivity contribution in [3.05, 3.63) is 23.8 Å². The highest BCUT2D eigenvalue weighted by atomic mass is 16.3. The zero-order valence-electron chi connectivity index (χ0n) is 11.3. The minimum Gasteiger partial charge on any atom is -0.389 e. The molecule has 0 aromatic heterocycles. The predicted molar refractivity (Wildman–Crippen MR) is 71.7 cm³/mol. The van der Waals surface area contributed by atoms with Gasteiger partial charge in [0.2, 0.25) is 0 Å². The van der Waals surface area contributed by atoms with Crippen LogP contribution < -0.4 is 0 Å². The lowest BCUT2D eigenvalue weighted by Crippen LogP contribution is -2.28. The Morgan fingerprint density at radius 2 is 2.18 bits per heavy atom. The van der Waals surface area contributed by atoms with E-state index >= 15 is 0 Å². The SMILES string of the molecule is C=C(C)[C@H](O)CC[C@@H](C)[C@H]1CCC(C)=C[C@@H]1O. The van der Waals surface area contributed by atoms with Gasteiger partial charge in [0.15, 0.2) is 0 Å². The third-order valence-electron chi connectivity index (χ3n) is 3.96. The molecule has 17 heavy (non-hydrogen) atoms. The van der Waals surface area contributed by atoms with Gasteiger partial charge in [-0.2, -0.15) is 0 Å². The second kappa shape index (κ2) is 6.36. The molecule has 0 spiro atoms. The van der Waals surface area contributed by atoms with Crippen LogP contribution in [-0.4, -0.2) is 22.4 Å². The molecule has 0 aliphatic heterocycles. The second-order valence-electron chi connectivity index (χ2n) is 5.62. The monoisotopic (exact) mass is 238 g/mol. The fourth-order valence-corrected chi connectivity index (χ4v) is 2.57. The Kier molecular flexibility index (Phi) is 5.41. The average molecular weight is 238 g/mol. The van der Waals surface area contributed by atoms with E-state index in [4.69, 9.17) is 0 Å². The molecule has 0 heterocycles. The molecule has 4 atom stereocenters. The average Bonchev–Trinajstić information content (AvgIpc) is 2.25. The van der Waals surface area contributed by atoms with Gasteiger partial charge in [-0.25, -0.2) is 0 Å². The first-order valence-electron chi connectivity index (χ1n) is 6.60. The van der Waals surface area contributed by atoms with Crippen molar-refractivity contribution in [2.45, 2.75) is 58.7 Å². The van der Waals surface area contributed by atoms with Crippen molar-refractivity contribution in [1.82, 2.24) is 0 Å². The summed E-state index contributed by atoms with van der Waals surface area (Å²) in [6.07, 6.45) is 5.14. The largest absolute Gasteiger partial charge is 0.389 e. The Morgan fingerprint density at radius 1 is 1.53 bits per heavy atom. The van der Waals surface area contributed by atoms with Crippen molar-refractivity contribution in [1.29, 1.82) is 0 Å². The molecule has 1 aliphatic rings. The maximum Gasteiger partial charge on any atom is 0.0754 e. The quantitative estimate of drug-likeness (QED) is 0.723. The number of hydrogen-bond donors (Lipinski definition) is 2. The highest BCUT2D eigenvalue weighted by molar-refractivity contribution is 5.08. The molecule has 0 saturated heterocycles. The lowest BCUT2D eigenvalue weighted by atomic mass is 9.77. The molecule has 2 nitrogen and oxygen atoms in total. The van der Waals surface area contributed by atoms with Crippen molar-refractivity contribution < 1.29 is 10.2 Å². The Hall–Kier alpha value is -0.600. The second-order valence-corrected chi connectivity index (χ2v) is 5.62. The molecule has 98 valence electrons. The van der Waals surface area contributed by atoms with Crippen LogP contribution in [0.1, 0.15) is 46.5 Å². The number of rotatable bonds is 5. The molecule has 0 aromatic rings. The van der Waals surface area contributed by atoms with E-state index in [1.54, 1.807) is 0 Å². The summed E-state index contributed by atoms with van der Waals surface area (Å²) in [5.74, 6) is 0.791. The Morgan fingerprint density at radius 3 is 2.71 bits per heavy atom. The van der Waals surface area contributed by atoms with Gasteiger partial charge in [-0.1, -0.05) is 30.7 Å². The Labute approximate surface area is 105 Å². The van der Waals surface area contributed by atoms with Crippen LogP contribution in [0.3, 0.4) is 0 Å². The van der Waals surface area contributed by atoms with E-state index in [2.05, 4.69) is 20.4 Å². The van der Waals surface area contributed by atoms with Crippen LogP contribution in [0.4, 0.5) is 0 Å². The van der Waals surface area contributed by atoms with Gasteiger partial charge in [0.05, 0.1) is 12.2 Å². The molecule has 0 radical (unpaired) electrons. The lowest BCUT2D eigenvalue weighted by Gasteiger charge is -2.31. The van der Waals surface area contributed by atoms with Crippen LogP contribution in [0.15, 0.2) is 23.8 Å². The van der Waals surface area contributed by atoms with E-state index < -0.39 is 6.10 Å². The first-order valence-corrected chi connectivity index (χ1v) is 6.60. The van der Waals surface area contributed by atoms with Crippen molar-refractivity contribution >= 4 is 0 Å². The first kappa shape index (κ1) is 14.5. The first-order chi connectivity index (χ1) is 7.91. The molecule has 1 aliphatic carbocycles. The van der Waals surface area contributed by atoms with Gasteiger partial charge in [0.1, 0.15) is 0 Å². The van der Waals surface area contributed by atoms with E-state index in [-0.39, 0.29) is 6.10 Å². The standard InChI is InChI=1S/C15H26O2/c1-10(2)14(16)8-6-12(4)13-7-5-11(3)9-15(13)17/h9,12-17H,1,5-8H2,2-4H3/t12-,13-,14-,15+/m1/s1. The van der Waals surface area contributed by atoms with Crippen molar-refractivity contribution in [3.63, 3.8) is 0 Å². The van der Waals surface area contributed by atoms with Gasteiger partial charge < -0.3 is 10.2 Å². The van der Waals surface area contributed by atoms with Gasteiger partial charge in [-0.05, 0) is 51.4 Å². The zero-order chi connectivity index (χ0) is 13.0. The molecule has 0 aromatic carbocycles. The number of aliphatic hydroxyl groups excluding tert-OH is 2. The highest BCUT2D eigenvalue weighted by Gasteiger charge is 2.27. The summed E-state index contributed by atoms with van der Waals surface area (Å²) in [7, 11) is 0. The minimum atomic E-state index is -0.393. The fourth-order valence-electron chi connectivity index (χ4n) is 2.57. The fraction of sp³-hybridized carbons (Fsp3) is 0.733. The summed E-state index contributed by atoms with van der Waals surface area (Å²) in [6, 6.07) is 0. The van der Waals surface area contributed by atoms with Gasteiger partial charge in [0, 0.05) is 0 Å². The summed E-state index contributed by atoms with van der Waals surface area (Å²) < 4.78 is 0. The van der Waals surface area contributed by atoms with Gasteiger partial charge in [-0.15, -0.1) is 0 Å². The third-order valence-corrected chi connectivity index (χ3v) is 3.96. The highest BCUT2D eigenvalue weighted by Crippen LogP contribution is 2.32. The lowest BCUT2D eigenvalue weighted by molar-refractivity contribution is 0.0910. The van der Waals surface area contributed by atoms with Crippen LogP contribution in [0.5, 0.6) is 0 Å². The van der Waals surface area contributed by atoms with Crippen molar-refractivity contribution in [3.8, 4) is 0 Å². The molecule has 0 amide bonds. The van der Waals surface area contributed by atoms with E-state index in [9.17, 15) is 10.2 Å². The van der Waals surface area contributed by atoms with Gasteiger partial charge >= 0.3 is 0 Å². The summed E-state index contributed by atoms with van der Waals surface area (Å²) in [5, 5.41) is 19.7. The normalized spacial score (nSPS) is 28.4. The summed E-state index contributed by atoms with van der Waals surface area (Å²) in [6.45, 7) is 9.87. The topological polar surface area (TPSA) is 40.5 Å². The number of hydrogen-bond acceptors (Lipinski definition) is 2. The van der Waals surface area contributed by atoms with Crippen molar-refractivity contribution in [2.24, 2.45) is 11.8 Å². The molecule has 2 heteroatoms. The summed E-state index contributed by atoms with van der Waals surface area (Å²) in [5.41, 5.74) is 2.13. The van der Waals surface area contributed by atoms with Crippen molar-refractivity contribution in [2.75, 3.05) is 0 Å². The van der Waals surface area contributed by atoms with Gasteiger partial charge in [-0.3, -0.25) is 0 Å². The molecule has 1 rings (SSSR count). The van der Waals surface area contributed by atoms with E-state index in [1.807, 2.05) is 13.0 Å². The van der Waals surface area contributed by atoms with Crippen LogP contribution in [0.2, 0.25) is 0 Å². The Balaban J connectivity index is 2.43. The zero-order valence-corrected chi connectivity index (χ0v) is 11.3. The molecule has 0 fully saturated rings. The number of allylic oxidation sites excluding steroid dienone is 1. The smallest absolute Gasteiger partial charge is 0.0754 e. The Bertz CT molecular complexity index is 293. The minimum absolute atomic E-state index is 0.305. The molecular formula is C15H26O2. The van der Waals surface area contributed by atoms with Crippen LogP contribution >= 0.6 is 0 Å². The van der Waals surface area contributed by atoms with E-state index in [0.29, 0.717) is 11.8 Å². The molecule has 2 N–H and O–H groups in total. The van der Waals surface area contributed by atoms with Crippen LogP contribution in [0.25, 0.3) is 0 Å². The number of aliphatic hydroxyl groups is 2. The molecular weight excluding hydrogens is 212 g/mol. The molecule has 0 unspecified atom stereocenters. The van der Waals surface area contributed by atoms with E-state index in [0.717, 1.165) is 31.3 Å². The van der Waals surface area contributed by atoms with Gasteiger partial charge in [0.25, 0.3) is 0 Å².